The highest BCUT2D eigenvalue weighted by Crippen LogP contribution is 2.02. The number of hydroxylamine groups is 1. The molecule has 0 bridgehead atoms. The average Bonchev–Trinajstić information content (AvgIpc) is 2.71. The lowest BCUT2D eigenvalue weighted by molar-refractivity contribution is -0.452. The van der Waals surface area contributed by atoms with Crippen LogP contribution < -0.4 is 0 Å². The molecule has 3 nitrogen and oxygen atoms in total. The second-order valence-electron chi connectivity index (χ2n) is 6.30. The zero-order valence-corrected chi connectivity index (χ0v) is 15.8. The van der Waals surface area contributed by atoms with E-state index in [0.29, 0.717) is 6.54 Å². The van der Waals surface area contributed by atoms with E-state index in [0.717, 1.165) is 42.5 Å². The van der Waals surface area contributed by atoms with Gasteiger partial charge in [-0.2, -0.15) is 0 Å². The van der Waals surface area contributed by atoms with Crippen LogP contribution in [0.15, 0.2) is 77.8 Å². The predicted molar refractivity (Wildman–Crippen MR) is 117 cm³/mol. The molecule has 2 aromatic carbocycles. The fourth-order valence-electron chi connectivity index (χ4n) is 2.57. The highest BCUT2D eigenvalue weighted by molar-refractivity contribution is 5.78. The van der Waals surface area contributed by atoms with Gasteiger partial charge in [0.2, 0.25) is 0 Å². The van der Waals surface area contributed by atoms with Gasteiger partial charge in [-0.25, -0.2) is 4.74 Å². The molecule has 0 radical (unpaired) electrons. The maximum absolute atomic E-state index is 11.7. The Labute approximate surface area is 162 Å². The molecule has 0 spiro atoms. The molecule has 140 valence electrons. The number of hydrogen-bond donors (Lipinski definition) is 0. The monoisotopic (exact) mass is 360 g/mol. The van der Waals surface area contributed by atoms with E-state index < -0.39 is 0 Å². The Hall–Kier alpha value is -2.94. The Morgan fingerprint density at radius 1 is 0.741 bits per heavy atom. The zero-order chi connectivity index (χ0) is 19.0. The summed E-state index contributed by atoms with van der Waals surface area (Å²) in [7, 11) is 0. The summed E-state index contributed by atoms with van der Waals surface area (Å²) >= 11 is 0. The lowest BCUT2D eigenvalue weighted by atomic mass is 10.2. The van der Waals surface area contributed by atoms with Gasteiger partial charge in [0.25, 0.3) is 0 Å². The van der Waals surface area contributed by atoms with Crippen LogP contribution in [0.2, 0.25) is 0 Å². The van der Waals surface area contributed by atoms with Crippen molar-refractivity contribution in [2.45, 2.75) is 25.7 Å². The number of benzene rings is 2. The van der Waals surface area contributed by atoms with Crippen molar-refractivity contribution in [2.24, 2.45) is 4.99 Å². The molecule has 0 fully saturated rings. The number of hydrogen-bond acceptors (Lipinski definition) is 2. The number of aliphatic imine (C=N–C) groups is 1. The Morgan fingerprint density at radius 2 is 1.33 bits per heavy atom. The SMILES string of the molecule is [O-]/[N+](=C\C=C\c1ccccc1)CCCCCCN=C/C=C/c1ccccc1. The van der Waals surface area contributed by atoms with E-state index in [1.807, 2.05) is 66.9 Å². The molecular weight excluding hydrogens is 332 g/mol. The lowest BCUT2D eigenvalue weighted by Gasteiger charge is -2.02. The molecule has 0 atom stereocenters. The molecule has 0 N–H and O–H groups in total. The maximum Gasteiger partial charge on any atom is 0.174 e. The topological polar surface area (TPSA) is 38.4 Å². The van der Waals surface area contributed by atoms with Crippen LogP contribution in [-0.4, -0.2) is 30.3 Å². The van der Waals surface area contributed by atoms with Crippen LogP contribution in [0.5, 0.6) is 0 Å². The Balaban J connectivity index is 1.50. The molecule has 0 heterocycles. The predicted octanol–water partition coefficient (Wildman–Crippen LogP) is 5.63. The highest BCUT2D eigenvalue weighted by atomic mass is 16.5. The number of allylic oxidation sites excluding steroid dienone is 2. The first-order valence-electron chi connectivity index (χ1n) is 9.56. The molecule has 0 aromatic heterocycles. The standard InChI is InChI=1S/C24H28N2O/c27-26(22-12-18-24-15-7-4-8-16-24)21-10-2-1-9-19-25-20-11-17-23-13-5-3-6-14-23/h3-8,11-18,20,22H,1-2,9-10,19,21H2/b17-11+,18-12+,25-20?,26-22-. The minimum Gasteiger partial charge on any atom is -0.624 e. The van der Waals surface area contributed by atoms with Gasteiger partial charge in [0.15, 0.2) is 12.8 Å². The Kier molecular flexibility index (Phi) is 10.0. The van der Waals surface area contributed by atoms with E-state index in [4.69, 9.17) is 0 Å². The molecule has 0 amide bonds. The third-order valence-electron chi connectivity index (χ3n) is 4.04. The highest BCUT2D eigenvalue weighted by Gasteiger charge is 1.94. The molecule has 0 saturated carbocycles. The average molecular weight is 361 g/mol. The summed E-state index contributed by atoms with van der Waals surface area (Å²) in [6.07, 6.45) is 15.4. The summed E-state index contributed by atoms with van der Waals surface area (Å²) in [5.74, 6) is 0. The van der Waals surface area contributed by atoms with E-state index in [1.165, 1.54) is 5.56 Å². The molecule has 2 aromatic rings. The van der Waals surface area contributed by atoms with Crippen LogP contribution in [0.1, 0.15) is 36.8 Å². The van der Waals surface area contributed by atoms with Crippen molar-refractivity contribution in [2.75, 3.05) is 13.1 Å². The molecule has 2 rings (SSSR count). The first-order chi connectivity index (χ1) is 13.3. The van der Waals surface area contributed by atoms with E-state index in [2.05, 4.69) is 23.2 Å². The van der Waals surface area contributed by atoms with E-state index in [-0.39, 0.29) is 0 Å². The number of rotatable bonds is 11. The van der Waals surface area contributed by atoms with Crippen molar-refractivity contribution in [3.8, 4) is 0 Å². The van der Waals surface area contributed by atoms with Gasteiger partial charge in [0.05, 0.1) is 0 Å². The lowest BCUT2D eigenvalue weighted by Crippen LogP contribution is -2.05. The van der Waals surface area contributed by atoms with Gasteiger partial charge in [-0.05, 0) is 36.1 Å². The molecule has 27 heavy (non-hydrogen) atoms. The summed E-state index contributed by atoms with van der Waals surface area (Å²) in [5, 5.41) is 11.7. The van der Waals surface area contributed by atoms with Crippen LogP contribution in [-0.2, 0) is 0 Å². The molecule has 0 aliphatic rings. The van der Waals surface area contributed by atoms with E-state index in [9.17, 15) is 5.21 Å². The normalized spacial score (nSPS) is 12.5. The van der Waals surface area contributed by atoms with Gasteiger partial charge in [-0.15, -0.1) is 0 Å². The maximum atomic E-state index is 11.7. The largest absolute Gasteiger partial charge is 0.624 e. The van der Waals surface area contributed by atoms with Crippen molar-refractivity contribution >= 4 is 24.6 Å². The number of unbranched alkanes of at least 4 members (excludes halogenated alkanes) is 3. The van der Waals surface area contributed by atoms with Crippen molar-refractivity contribution in [3.63, 3.8) is 0 Å². The fraction of sp³-hybridized carbons (Fsp3) is 0.250. The van der Waals surface area contributed by atoms with Crippen LogP contribution in [0.25, 0.3) is 12.2 Å². The second-order valence-corrected chi connectivity index (χ2v) is 6.30. The van der Waals surface area contributed by atoms with Crippen molar-refractivity contribution in [3.05, 3.63) is 89.1 Å². The Morgan fingerprint density at radius 3 is 2.00 bits per heavy atom. The van der Waals surface area contributed by atoms with Crippen LogP contribution >= 0.6 is 0 Å². The molecule has 0 unspecified atom stereocenters. The van der Waals surface area contributed by atoms with E-state index >= 15 is 0 Å². The van der Waals surface area contributed by atoms with Gasteiger partial charge in [-0.1, -0.05) is 73.2 Å². The van der Waals surface area contributed by atoms with Gasteiger partial charge >= 0.3 is 0 Å². The summed E-state index contributed by atoms with van der Waals surface area (Å²) in [4.78, 5) is 4.39. The number of nitrogens with zero attached hydrogens (tertiary/aromatic N) is 2. The molecule has 0 saturated heterocycles. The molecule has 0 aliphatic heterocycles. The second kappa shape index (κ2) is 13.3. The quantitative estimate of drug-likeness (QED) is 0.168. The van der Waals surface area contributed by atoms with Crippen molar-refractivity contribution < 1.29 is 4.74 Å². The van der Waals surface area contributed by atoms with Crippen LogP contribution in [0.4, 0.5) is 0 Å². The molecular formula is C24H28N2O. The zero-order valence-electron chi connectivity index (χ0n) is 15.8. The summed E-state index contributed by atoms with van der Waals surface area (Å²) in [6, 6.07) is 20.2. The van der Waals surface area contributed by atoms with Crippen LogP contribution in [0.3, 0.4) is 0 Å². The third-order valence-corrected chi connectivity index (χ3v) is 4.04. The van der Waals surface area contributed by atoms with Gasteiger partial charge in [0, 0.05) is 25.3 Å². The first-order valence-corrected chi connectivity index (χ1v) is 9.56. The third kappa shape index (κ3) is 9.95. The first kappa shape index (κ1) is 20.4. The minimum atomic E-state index is 0.544. The van der Waals surface area contributed by atoms with Gasteiger partial charge in [-0.3, -0.25) is 4.99 Å². The summed E-state index contributed by atoms with van der Waals surface area (Å²) in [6.45, 7) is 1.38. The smallest absolute Gasteiger partial charge is 0.174 e. The summed E-state index contributed by atoms with van der Waals surface area (Å²) in [5.41, 5.74) is 2.28. The van der Waals surface area contributed by atoms with E-state index in [1.54, 1.807) is 12.3 Å². The minimum absolute atomic E-state index is 0.544. The molecule has 0 aliphatic carbocycles. The summed E-state index contributed by atoms with van der Waals surface area (Å²) < 4.78 is 1.01. The van der Waals surface area contributed by atoms with Crippen molar-refractivity contribution in [1.29, 1.82) is 0 Å². The van der Waals surface area contributed by atoms with Crippen LogP contribution in [0, 0.1) is 5.21 Å². The Bertz CT molecular complexity index is 746. The fourth-order valence-corrected chi connectivity index (χ4v) is 2.57. The molecule has 3 heteroatoms. The van der Waals surface area contributed by atoms with Gasteiger partial charge in [0.1, 0.15) is 0 Å². The van der Waals surface area contributed by atoms with Gasteiger partial charge < -0.3 is 5.21 Å². The van der Waals surface area contributed by atoms with Crippen molar-refractivity contribution in [1.82, 2.24) is 0 Å².